The minimum atomic E-state index is -0.375. The average Bonchev–Trinajstić information content (AvgIpc) is 2.56. The van der Waals surface area contributed by atoms with Crippen LogP contribution in [0.2, 0.25) is 0 Å². The van der Waals surface area contributed by atoms with Gasteiger partial charge in [-0.25, -0.2) is 4.99 Å². The Labute approximate surface area is 104 Å². The summed E-state index contributed by atoms with van der Waals surface area (Å²) in [6.45, 7) is 10.2. The Balaban J connectivity index is 3.00. The summed E-state index contributed by atoms with van der Waals surface area (Å²) >= 11 is 0. The van der Waals surface area contributed by atoms with E-state index in [1.54, 1.807) is 7.11 Å². The molecule has 0 aliphatic carbocycles. The molecule has 3 heteroatoms. The first-order chi connectivity index (χ1) is 8.07. The van der Waals surface area contributed by atoms with Crippen LogP contribution in [0.25, 0.3) is 0 Å². The molecule has 1 aliphatic rings. The van der Waals surface area contributed by atoms with Crippen LogP contribution in [0.15, 0.2) is 41.4 Å². The van der Waals surface area contributed by atoms with Crippen molar-refractivity contribution in [2.75, 3.05) is 13.7 Å². The fourth-order valence-electron chi connectivity index (χ4n) is 2.04. The molecule has 0 saturated carbocycles. The van der Waals surface area contributed by atoms with Gasteiger partial charge in [0.25, 0.3) is 0 Å². The number of methoxy groups -OCH3 is 1. The zero-order valence-corrected chi connectivity index (χ0v) is 11.1. The minimum Gasteiger partial charge on any atom is -0.471 e. The van der Waals surface area contributed by atoms with Crippen molar-refractivity contribution in [1.29, 1.82) is 0 Å². The van der Waals surface area contributed by atoms with E-state index >= 15 is 0 Å². The first kappa shape index (κ1) is 13.7. The molecule has 0 bridgehead atoms. The summed E-state index contributed by atoms with van der Waals surface area (Å²) in [7, 11) is 1.68. The lowest BCUT2D eigenvalue weighted by Gasteiger charge is -2.27. The zero-order valence-electron chi connectivity index (χ0n) is 11.1. The zero-order chi connectivity index (χ0) is 12.9. The van der Waals surface area contributed by atoms with E-state index in [0.717, 1.165) is 5.57 Å². The van der Waals surface area contributed by atoms with E-state index in [0.29, 0.717) is 12.5 Å². The minimum absolute atomic E-state index is 0.129. The molecule has 0 aromatic rings. The van der Waals surface area contributed by atoms with Crippen molar-refractivity contribution in [2.24, 2.45) is 4.99 Å². The molecule has 0 saturated heterocycles. The predicted molar refractivity (Wildman–Crippen MR) is 71.4 cm³/mol. The molecule has 1 rings (SSSR count). The number of ether oxygens (including phenoxy) is 2. The third-order valence-corrected chi connectivity index (χ3v) is 2.72. The molecular formula is C14H21NO2. The SMILES string of the molecule is C=C/C(=C\C=C/C)C1OC(C)=N[C@@]1(C)COC. The van der Waals surface area contributed by atoms with Crippen molar-refractivity contribution >= 4 is 5.90 Å². The second kappa shape index (κ2) is 5.82. The molecule has 0 fully saturated rings. The average molecular weight is 235 g/mol. The van der Waals surface area contributed by atoms with E-state index in [9.17, 15) is 0 Å². The fourth-order valence-corrected chi connectivity index (χ4v) is 2.04. The quantitative estimate of drug-likeness (QED) is 0.686. The smallest absolute Gasteiger partial charge is 0.181 e. The number of hydrogen-bond acceptors (Lipinski definition) is 3. The molecule has 0 aromatic heterocycles. The van der Waals surface area contributed by atoms with Crippen molar-refractivity contribution < 1.29 is 9.47 Å². The van der Waals surface area contributed by atoms with Crippen molar-refractivity contribution in [1.82, 2.24) is 0 Å². The number of nitrogens with zero attached hydrogens (tertiary/aromatic N) is 1. The van der Waals surface area contributed by atoms with Crippen molar-refractivity contribution in [3.05, 3.63) is 36.5 Å². The molecule has 0 spiro atoms. The van der Waals surface area contributed by atoms with E-state index < -0.39 is 0 Å². The van der Waals surface area contributed by atoms with Crippen LogP contribution in [0.3, 0.4) is 0 Å². The monoisotopic (exact) mass is 235 g/mol. The maximum absolute atomic E-state index is 5.78. The Morgan fingerprint density at radius 3 is 2.88 bits per heavy atom. The molecule has 3 nitrogen and oxygen atoms in total. The first-order valence-corrected chi connectivity index (χ1v) is 5.74. The highest BCUT2D eigenvalue weighted by atomic mass is 16.5. The maximum Gasteiger partial charge on any atom is 0.181 e. The summed E-state index contributed by atoms with van der Waals surface area (Å²) in [6, 6.07) is 0. The van der Waals surface area contributed by atoms with E-state index in [1.165, 1.54) is 0 Å². The highest BCUT2D eigenvalue weighted by Gasteiger charge is 2.42. The Hall–Kier alpha value is -1.35. The summed E-state index contributed by atoms with van der Waals surface area (Å²) in [5.41, 5.74) is 0.642. The van der Waals surface area contributed by atoms with Crippen LogP contribution in [-0.4, -0.2) is 31.3 Å². The van der Waals surface area contributed by atoms with Gasteiger partial charge in [-0.3, -0.25) is 0 Å². The third kappa shape index (κ3) is 3.07. The molecule has 2 atom stereocenters. The van der Waals surface area contributed by atoms with Crippen LogP contribution < -0.4 is 0 Å². The molecule has 0 N–H and O–H groups in total. The van der Waals surface area contributed by atoms with E-state index in [4.69, 9.17) is 9.47 Å². The van der Waals surface area contributed by atoms with Crippen LogP contribution >= 0.6 is 0 Å². The molecule has 17 heavy (non-hydrogen) atoms. The van der Waals surface area contributed by atoms with Crippen LogP contribution in [-0.2, 0) is 9.47 Å². The summed E-state index contributed by atoms with van der Waals surface area (Å²) in [5, 5.41) is 0. The largest absolute Gasteiger partial charge is 0.471 e. The number of allylic oxidation sites excluding steroid dienone is 3. The van der Waals surface area contributed by atoms with Gasteiger partial charge in [-0.15, -0.1) is 0 Å². The summed E-state index contributed by atoms with van der Waals surface area (Å²) in [6.07, 6.45) is 7.63. The molecule has 0 radical (unpaired) electrons. The highest BCUT2D eigenvalue weighted by Crippen LogP contribution is 2.31. The normalized spacial score (nSPS) is 29.3. The maximum atomic E-state index is 5.78. The molecule has 0 aromatic carbocycles. The van der Waals surface area contributed by atoms with Crippen LogP contribution in [0.5, 0.6) is 0 Å². The molecule has 94 valence electrons. The molecule has 1 unspecified atom stereocenters. The van der Waals surface area contributed by atoms with Gasteiger partial charge in [0.1, 0.15) is 5.54 Å². The van der Waals surface area contributed by atoms with Gasteiger partial charge >= 0.3 is 0 Å². The second-order valence-corrected chi connectivity index (χ2v) is 4.32. The number of hydrogen-bond donors (Lipinski definition) is 0. The van der Waals surface area contributed by atoms with Crippen LogP contribution in [0, 0.1) is 0 Å². The third-order valence-electron chi connectivity index (χ3n) is 2.72. The predicted octanol–water partition coefficient (Wildman–Crippen LogP) is 2.90. The topological polar surface area (TPSA) is 30.8 Å². The van der Waals surface area contributed by atoms with Gasteiger partial charge in [0.05, 0.1) is 6.61 Å². The standard InChI is InChI=1S/C14H21NO2/c1-6-8-9-12(7-2)13-14(4,10-16-5)15-11(3)17-13/h6-9,13H,2,10H2,1,3-5H3/b8-6-,12-9+/t13?,14-/m0/s1. The van der Waals surface area contributed by atoms with Gasteiger partial charge in [0.2, 0.25) is 0 Å². The van der Waals surface area contributed by atoms with Gasteiger partial charge in [-0.2, -0.15) is 0 Å². The van der Waals surface area contributed by atoms with E-state index in [2.05, 4.69) is 11.6 Å². The fraction of sp³-hybridized carbons (Fsp3) is 0.500. The van der Waals surface area contributed by atoms with Crippen molar-refractivity contribution in [3.63, 3.8) is 0 Å². The Kier molecular flexibility index (Phi) is 4.70. The summed E-state index contributed by atoms with van der Waals surface area (Å²) in [5.74, 6) is 0.697. The molecular weight excluding hydrogens is 214 g/mol. The summed E-state index contributed by atoms with van der Waals surface area (Å²) < 4.78 is 11.0. The lowest BCUT2D eigenvalue weighted by molar-refractivity contribution is 0.0889. The lowest BCUT2D eigenvalue weighted by atomic mass is 9.90. The van der Waals surface area contributed by atoms with Gasteiger partial charge < -0.3 is 9.47 Å². The van der Waals surface area contributed by atoms with Crippen molar-refractivity contribution in [3.8, 4) is 0 Å². The first-order valence-electron chi connectivity index (χ1n) is 5.74. The van der Waals surface area contributed by atoms with E-state index in [-0.39, 0.29) is 11.6 Å². The summed E-state index contributed by atoms with van der Waals surface area (Å²) in [4.78, 5) is 4.53. The molecule has 1 heterocycles. The molecule has 0 amide bonds. The van der Waals surface area contributed by atoms with Crippen molar-refractivity contribution in [2.45, 2.75) is 32.4 Å². The Bertz CT molecular complexity index is 368. The van der Waals surface area contributed by atoms with Crippen LogP contribution in [0.1, 0.15) is 20.8 Å². The van der Waals surface area contributed by atoms with Gasteiger partial charge in [0, 0.05) is 14.0 Å². The molecule has 1 aliphatic heterocycles. The van der Waals surface area contributed by atoms with Gasteiger partial charge in [-0.1, -0.05) is 30.9 Å². The van der Waals surface area contributed by atoms with Gasteiger partial charge in [0.15, 0.2) is 12.0 Å². The van der Waals surface area contributed by atoms with E-state index in [1.807, 2.05) is 45.1 Å². The highest BCUT2D eigenvalue weighted by molar-refractivity contribution is 5.76. The number of rotatable bonds is 5. The Morgan fingerprint density at radius 2 is 2.35 bits per heavy atom. The number of aliphatic imine (C=N–C) groups is 1. The second-order valence-electron chi connectivity index (χ2n) is 4.32. The lowest BCUT2D eigenvalue weighted by Crippen LogP contribution is -2.40. The Morgan fingerprint density at radius 1 is 1.65 bits per heavy atom. The van der Waals surface area contributed by atoms with Gasteiger partial charge in [-0.05, 0) is 19.4 Å². The van der Waals surface area contributed by atoms with Crippen LogP contribution in [0.4, 0.5) is 0 Å².